The number of aliphatic hydroxyl groups is 1. The summed E-state index contributed by atoms with van der Waals surface area (Å²) in [5, 5.41) is 9.76. The first-order valence-electron chi connectivity index (χ1n) is 11.7. The van der Waals surface area contributed by atoms with Crippen LogP contribution in [0.5, 0.6) is 5.75 Å². The first kappa shape index (κ1) is 28.7. The Morgan fingerprint density at radius 1 is 1.22 bits per heavy atom. The van der Waals surface area contributed by atoms with Crippen molar-refractivity contribution in [3.05, 3.63) is 59.2 Å². The Kier molecular flexibility index (Phi) is 8.76. The van der Waals surface area contributed by atoms with Crippen LogP contribution in [0.1, 0.15) is 35.3 Å². The van der Waals surface area contributed by atoms with Gasteiger partial charge in [0, 0.05) is 25.6 Å². The van der Waals surface area contributed by atoms with Crippen LogP contribution < -0.4 is 9.46 Å². The summed E-state index contributed by atoms with van der Waals surface area (Å²) >= 11 is 0. The summed E-state index contributed by atoms with van der Waals surface area (Å²) in [6.07, 6.45) is -3.93. The van der Waals surface area contributed by atoms with Crippen molar-refractivity contribution >= 4 is 21.6 Å². The molecule has 0 spiro atoms. The number of halogens is 3. The molecule has 1 amide bonds. The summed E-state index contributed by atoms with van der Waals surface area (Å²) in [6, 6.07) is 9.03. The van der Waals surface area contributed by atoms with Crippen molar-refractivity contribution in [2.45, 2.75) is 38.7 Å². The molecule has 1 aliphatic rings. The Balaban J connectivity index is 1.91. The van der Waals surface area contributed by atoms with Gasteiger partial charge in [-0.1, -0.05) is 25.1 Å². The number of hydrogen-bond donors (Lipinski definition) is 2. The molecule has 1 aliphatic heterocycles. The number of amides is 1. The number of aliphatic hydroxyl groups excluding tert-OH is 1. The second-order valence-corrected chi connectivity index (χ2v) is 11.3. The van der Waals surface area contributed by atoms with E-state index >= 15 is 0 Å². The number of nitrogens with zero attached hydrogens (tertiary/aromatic N) is 2. The van der Waals surface area contributed by atoms with Gasteiger partial charge in [-0.25, -0.2) is 8.42 Å². The summed E-state index contributed by atoms with van der Waals surface area (Å²) in [5.74, 6) is -0.530. The maximum Gasteiger partial charge on any atom is 0.416 e. The van der Waals surface area contributed by atoms with E-state index in [-0.39, 0.29) is 36.1 Å². The highest BCUT2D eigenvalue weighted by Crippen LogP contribution is 2.35. The van der Waals surface area contributed by atoms with Gasteiger partial charge in [0.05, 0.1) is 35.7 Å². The van der Waals surface area contributed by atoms with Gasteiger partial charge >= 0.3 is 6.18 Å². The highest BCUT2D eigenvalue weighted by molar-refractivity contribution is 7.92. The molecule has 0 bridgehead atoms. The summed E-state index contributed by atoms with van der Waals surface area (Å²) in [4.78, 5) is 16.8. The second kappa shape index (κ2) is 11.3. The van der Waals surface area contributed by atoms with Crippen molar-refractivity contribution in [1.29, 1.82) is 0 Å². The van der Waals surface area contributed by atoms with E-state index in [2.05, 4.69) is 4.72 Å². The molecule has 1 heterocycles. The predicted octanol–water partition coefficient (Wildman–Crippen LogP) is 3.43. The number of carbonyl (C=O) groups excluding carboxylic acids is 1. The number of alkyl halides is 3. The Bertz CT molecular complexity index is 1210. The van der Waals surface area contributed by atoms with Crippen molar-refractivity contribution in [1.82, 2.24) is 9.80 Å². The van der Waals surface area contributed by atoms with E-state index in [0.29, 0.717) is 18.7 Å². The minimum absolute atomic E-state index is 0.0903. The molecule has 0 saturated carbocycles. The van der Waals surface area contributed by atoms with E-state index in [9.17, 15) is 31.5 Å². The number of benzene rings is 2. The number of rotatable bonds is 8. The van der Waals surface area contributed by atoms with Crippen LogP contribution in [0.2, 0.25) is 0 Å². The zero-order valence-corrected chi connectivity index (χ0v) is 21.9. The van der Waals surface area contributed by atoms with E-state index in [0.717, 1.165) is 18.4 Å². The first-order chi connectivity index (χ1) is 17.2. The van der Waals surface area contributed by atoms with Crippen LogP contribution in [0.4, 0.5) is 18.9 Å². The molecule has 0 fully saturated rings. The minimum atomic E-state index is -4.41. The van der Waals surface area contributed by atoms with Crippen molar-refractivity contribution in [2.24, 2.45) is 5.92 Å². The van der Waals surface area contributed by atoms with Gasteiger partial charge in [-0.05, 0) is 43.8 Å². The monoisotopic (exact) mass is 543 g/mol. The zero-order chi connectivity index (χ0) is 27.5. The molecule has 2 N–H and O–H groups in total. The molecule has 3 atom stereocenters. The fourth-order valence-corrected chi connectivity index (χ4v) is 4.78. The van der Waals surface area contributed by atoms with E-state index in [4.69, 9.17) is 4.74 Å². The van der Waals surface area contributed by atoms with Crippen LogP contribution in [0.3, 0.4) is 0 Å². The third kappa shape index (κ3) is 7.36. The summed E-state index contributed by atoms with van der Waals surface area (Å²) in [5.41, 5.74) is 0.242. The van der Waals surface area contributed by atoms with Gasteiger partial charge in [-0.2, -0.15) is 13.2 Å². The molecule has 204 valence electrons. The molecule has 0 aliphatic carbocycles. The first-order valence-corrected chi connectivity index (χ1v) is 13.6. The highest BCUT2D eigenvalue weighted by Gasteiger charge is 2.35. The molecule has 3 rings (SSSR count). The maximum absolute atomic E-state index is 13.4. The molecule has 37 heavy (non-hydrogen) atoms. The quantitative estimate of drug-likeness (QED) is 0.530. The van der Waals surface area contributed by atoms with Gasteiger partial charge in [-0.15, -0.1) is 0 Å². The van der Waals surface area contributed by atoms with E-state index in [1.165, 1.54) is 18.2 Å². The van der Waals surface area contributed by atoms with Gasteiger partial charge in [0.2, 0.25) is 10.0 Å². The molecule has 2 aromatic rings. The van der Waals surface area contributed by atoms with E-state index < -0.39 is 39.8 Å². The number of carbonyl (C=O) groups is 1. The van der Waals surface area contributed by atoms with Gasteiger partial charge in [0.1, 0.15) is 6.10 Å². The summed E-state index contributed by atoms with van der Waals surface area (Å²) in [6.45, 7) is 4.31. The van der Waals surface area contributed by atoms with Gasteiger partial charge in [0.25, 0.3) is 5.91 Å². The third-order valence-electron chi connectivity index (χ3n) is 6.21. The fraction of sp³-hybridized carbons (Fsp3) is 0.480. The number of fused-ring (bicyclic) bond motifs is 1. The summed E-state index contributed by atoms with van der Waals surface area (Å²) in [7, 11) is -1.88. The van der Waals surface area contributed by atoms with Crippen LogP contribution in [-0.4, -0.2) is 74.4 Å². The average molecular weight is 544 g/mol. The lowest BCUT2D eigenvalue weighted by Crippen LogP contribution is -2.49. The molecule has 0 aromatic heterocycles. The zero-order valence-electron chi connectivity index (χ0n) is 21.1. The van der Waals surface area contributed by atoms with E-state index in [1.54, 1.807) is 31.0 Å². The third-order valence-corrected chi connectivity index (χ3v) is 6.80. The van der Waals surface area contributed by atoms with E-state index in [1.807, 2.05) is 11.8 Å². The normalized spacial score (nSPS) is 19.6. The molecule has 8 nitrogen and oxygen atoms in total. The predicted molar refractivity (Wildman–Crippen MR) is 134 cm³/mol. The number of ether oxygens (including phenoxy) is 1. The van der Waals surface area contributed by atoms with Gasteiger partial charge in [0.15, 0.2) is 5.75 Å². The van der Waals surface area contributed by atoms with Crippen molar-refractivity contribution in [3.8, 4) is 5.75 Å². The van der Waals surface area contributed by atoms with Crippen molar-refractivity contribution in [2.75, 3.05) is 37.7 Å². The SMILES string of the molecule is C[C@@H]1CN([C@H](C)CO)C(=O)c2cccc(NS(C)(=O)=O)c2O[C@@H]1CN(C)Cc1ccc(C(F)(F)F)cc1. The number of sulfonamides is 1. The Morgan fingerprint density at radius 3 is 2.43 bits per heavy atom. The molecular formula is C25H32F3N3O5S. The Labute approximate surface area is 215 Å². The average Bonchev–Trinajstić information content (AvgIpc) is 2.80. The van der Waals surface area contributed by atoms with Crippen LogP contribution in [0.25, 0.3) is 0 Å². The van der Waals surface area contributed by atoms with Crippen LogP contribution in [0, 0.1) is 5.92 Å². The number of para-hydroxylation sites is 1. The Hall–Kier alpha value is -2.83. The summed E-state index contributed by atoms with van der Waals surface area (Å²) < 4.78 is 71.3. The standard InChI is InChI=1S/C25H32F3N3O5S/c1-16-12-31(17(2)15-32)24(33)20-6-5-7-21(29-37(4,34)35)23(20)36-22(16)14-30(3)13-18-8-10-19(11-9-18)25(26,27)28/h5-11,16-17,22,29,32H,12-15H2,1-4H3/t16-,17-,22-/m1/s1. The number of hydrogen-bond acceptors (Lipinski definition) is 6. The Morgan fingerprint density at radius 2 is 1.86 bits per heavy atom. The van der Waals surface area contributed by atoms with Crippen LogP contribution >= 0.6 is 0 Å². The lowest BCUT2D eigenvalue weighted by molar-refractivity contribution is -0.137. The number of likely N-dealkylation sites (N-methyl/N-ethyl adjacent to an activating group) is 1. The molecule has 0 unspecified atom stereocenters. The lowest BCUT2D eigenvalue weighted by atomic mass is 9.99. The highest BCUT2D eigenvalue weighted by atomic mass is 32.2. The molecule has 12 heteroatoms. The molecular weight excluding hydrogens is 511 g/mol. The van der Waals surface area contributed by atoms with Crippen LogP contribution in [0.15, 0.2) is 42.5 Å². The van der Waals surface area contributed by atoms with Gasteiger partial charge in [-0.3, -0.25) is 14.4 Å². The molecule has 0 radical (unpaired) electrons. The topological polar surface area (TPSA) is 99.2 Å². The second-order valence-electron chi connectivity index (χ2n) is 9.57. The maximum atomic E-state index is 13.4. The fourth-order valence-electron chi connectivity index (χ4n) is 4.22. The largest absolute Gasteiger partial charge is 0.486 e. The smallest absolute Gasteiger partial charge is 0.416 e. The minimum Gasteiger partial charge on any atom is -0.486 e. The molecule has 0 saturated heterocycles. The lowest BCUT2D eigenvalue weighted by Gasteiger charge is -2.38. The number of anilines is 1. The molecule has 2 aromatic carbocycles. The van der Waals surface area contributed by atoms with Gasteiger partial charge < -0.3 is 14.7 Å². The number of nitrogens with one attached hydrogen (secondary N) is 1. The van der Waals surface area contributed by atoms with Crippen molar-refractivity contribution in [3.63, 3.8) is 0 Å². The van der Waals surface area contributed by atoms with Crippen LogP contribution in [-0.2, 0) is 22.7 Å². The van der Waals surface area contributed by atoms with Crippen molar-refractivity contribution < 1.29 is 36.2 Å².